The molecule has 35 heavy (non-hydrogen) atoms. The van der Waals surface area contributed by atoms with E-state index in [0.29, 0.717) is 17.9 Å². The van der Waals surface area contributed by atoms with Gasteiger partial charge in [0.2, 0.25) is 11.8 Å². The molecule has 0 bridgehead atoms. The van der Waals surface area contributed by atoms with Crippen LogP contribution in [-0.4, -0.2) is 54.7 Å². The summed E-state index contributed by atoms with van der Waals surface area (Å²) in [5.41, 5.74) is 1.39. The minimum Gasteiger partial charge on any atom is -0.494 e. The Labute approximate surface area is 203 Å². The first-order valence-corrected chi connectivity index (χ1v) is 11.1. The van der Waals surface area contributed by atoms with E-state index in [1.807, 2.05) is 30.3 Å². The summed E-state index contributed by atoms with van der Waals surface area (Å²) in [6.45, 7) is 2.09. The second-order valence-electron chi connectivity index (χ2n) is 7.47. The SMILES string of the molecule is CC(=O)NCCNC(=O)C(NC(=O)/C=C/c1ccccc1)Nc1ccc(OCCCC(=O)O)cc1. The van der Waals surface area contributed by atoms with Gasteiger partial charge in [-0.15, -0.1) is 0 Å². The first kappa shape index (κ1) is 26.9. The van der Waals surface area contributed by atoms with Crippen LogP contribution in [-0.2, 0) is 19.2 Å². The molecule has 0 saturated carbocycles. The Morgan fingerprint density at radius 1 is 0.971 bits per heavy atom. The number of anilines is 1. The molecule has 3 amide bonds. The fraction of sp³-hybridized carbons (Fsp3) is 0.280. The van der Waals surface area contributed by atoms with Crippen molar-refractivity contribution in [1.82, 2.24) is 16.0 Å². The highest BCUT2D eigenvalue weighted by atomic mass is 16.5. The number of hydrogen-bond acceptors (Lipinski definition) is 6. The number of carbonyl (C=O) groups excluding carboxylic acids is 3. The second kappa shape index (κ2) is 14.7. The number of amides is 3. The van der Waals surface area contributed by atoms with Gasteiger partial charge >= 0.3 is 5.97 Å². The quantitative estimate of drug-likeness (QED) is 0.157. The zero-order valence-electron chi connectivity index (χ0n) is 19.5. The highest BCUT2D eigenvalue weighted by Gasteiger charge is 2.19. The molecule has 0 fully saturated rings. The maximum atomic E-state index is 12.7. The van der Waals surface area contributed by atoms with Gasteiger partial charge in [0.25, 0.3) is 5.91 Å². The predicted octanol–water partition coefficient (Wildman–Crippen LogP) is 1.75. The summed E-state index contributed by atoms with van der Waals surface area (Å²) in [6.07, 6.45) is 2.30. The van der Waals surface area contributed by atoms with Crippen molar-refractivity contribution in [1.29, 1.82) is 0 Å². The predicted molar refractivity (Wildman–Crippen MR) is 132 cm³/mol. The van der Waals surface area contributed by atoms with Crippen molar-refractivity contribution in [2.45, 2.75) is 25.9 Å². The summed E-state index contributed by atoms with van der Waals surface area (Å²) in [4.78, 5) is 46.7. The Kier molecular flexibility index (Phi) is 11.3. The number of benzene rings is 2. The molecule has 186 valence electrons. The van der Waals surface area contributed by atoms with Crippen LogP contribution in [0.5, 0.6) is 5.75 Å². The van der Waals surface area contributed by atoms with E-state index < -0.39 is 23.9 Å². The maximum absolute atomic E-state index is 12.7. The van der Waals surface area contributed by atoms with Crippen LogP contribution in [0.25, 0.3) is 6.08 Å². The molecule has 0 aromatic heterocycles. The monoisotopic (exact) mass is 482 g/mol. The highest BCUT2D eigenvalue weighted by Crippen LogP contribution is 2.16. The first-order chi connectivity index (χ1) is 16.8. The third kappa shape index (κ3) is 11.4. The Morgan fingerprint density at radius 3 is 2.31 bits per heavy atom. The lowest BCUT2D eigenvalue weighted by molar-refractivity contribution is -0.137. The third-order valence-corrected chi connectivity index (χ3v) is 4.54. The van der Waals surface area contributed by atoms with Gasteiger partial charge in [0.15, 0.2) is 6.17 Å². The molecule has 10 heteroatoms. The van der Waals surface area contributed by atoms with Gasteiger partial charge in [-0.1, -0.05) is 30.3 Å². The average Bonchev–Trinajstić information content (AvgIpc) is 2.84. The molecule has 0 saturated heterocycles. The summed E-state index contributed by atoms with van der Waals surface area (Å²) in [5.74, 6) is -1.49. The number of ether oxygens (including phenoxy) is 1. The zero-order chi connectivity index (χ0) is 25.5. The van der Waals surface area contributed by atoms with Crippen LogP contribution in [0.1, 0.15) is 25.3 Å². The number of hydrogen-bond donors (Lipinski definition) is 5. The number of nitrogens with one attached hydrogen (secondary N) is 4. The number of carboxylic acid groups (broad SMARTS) is 1. The summed E-state index contributed by atoms with van der Waals surface area (Å²) in [5, 5.41) is 19.5. The molecule has 0 heterocycles. The lowest BCUT2D eigenvalue weighted by Crippen LogP contribution is -2.52. The number of aliphatic carboxylic acids is 1. The van der Waals surface area contributed by atoms with Crippen molar-refractivity contribution >= 4 is 35.5 Å². The van der Waals surface area contributed by atoms with Crippen LogP contribution in [0.3, 0.4) is 0 Å². The first-order valence-electron chi connectivity index (χ1n) is 11.1. The Bertz CT molecular complexity index is 1010. The van der Waals surface area contributed by atoms with Crippen LogP contribution in [0, 0.1) is 0 Å². The lowest BCUT2D eigenvalue weighted by Gasteiger charge is -2.20. The molecule has 5 N–H and O–H groups in total. The van der Waals surface area contributed by atoms with Crippen LogP contribution < -0.4 is 26.0 Å². The molecular weight excluding hydrogens is 452 g/mol. The fourth-order valence-electron chi connectivity index (χ4n) is 2.85. The molecule has 0 aliphatic rings. The molecule has 2 aromatic rings. The zero-order valence-corrected chi connectivity index (χ0v) is 19.5. The van der Waals surface area contributed by atoms with E-state index >= 15 is 0 Å². The number of carboxylic acids is 1. The topological polar surface area (TPSA) is 146 Å². The normalized spacial score (nSPS) is 11.3. The van der Waals surface area contributed by atoms with Gasteiger partial charge in [0.1, 0.15) is 5.75 Å². The van der Waals surface area contributed by atoms with Crippen molar-refractivity contribution in [2.75, 3.05) is 25.0 Å². The minimum atomic E-state index is -1.08. The smallest absolute Gasteiger partial charge is 0.303 e. The Hall–Kier alpha value is -4.34. The standard InChI is InChI=1S/C25H30N4O6/c1-18(30)26-15-16-27-25(34)24(29-22(31)14-9-19-6-3-2-4-7-19)28-20-10-12-21(13-11-20)35-17-5-8-23(32)33/h2-4,6-7,9-14,24,28H,5,8,15-17H2,1H3,(H,26,30)(H,27,34)(H,29,31)(H,32,33)/b14-9+. The molecule has 10 nitrogen and oxygen atoms in total. The van der Waals surface area contributed by atoms with Crippen LogP contribution in [0.2, 0.25) is 0 Å². The van der Waals surface area contributed by atoms with Crippen LogP contribution >= 0.6 is 0 Å². The van der Waals surface area contributed by atoms with Crippen molar-refractivity contribution in [3.63, 3.8) is 0 Å². The summed E-state index contributed by atoms with van der Waals surface area (Å²) in [6, 6.07) is 16.0. The number of rotatable bonds is 14. The van der Waals surface area contributed by atoms with E-state index in [0.717, 1.165) is 5.56 Å². The molecule has 2 rings (SSSR count). The summed E-state index contributed by atoms with van der Waals surface area (Å²) >= 11 is 0. The largest absolute Gasteiger partial charge is 0.494 e. The van der Waals surface area contributed by atoms with Gasteiger partial charge in [-0.25, -0.2) is 0 Å². The summed E-state index contributed by atoms with van der Waals surface area (Å²) < 4.78 is 5.50. The van der Waals surface area contributed by atoms with E-state index in [9.17, 15) is 19.2 Å². The second-order valence-corrected chi connectivity index (χ2v) is 7.47. The third-order valence-electron chi connectivity index (χ3n) is 4.54. The van der Waals surface area contributed by atoms with E-state index in [2.05, 4.69) is 21.3 Å². The van der Waals surface area contributed by atoms with E-state index in [1.54, 1.807) is 30.3 Å². The van der Waals surface area contributed by atoms with Gasteiger partial charge in [-0.05, 0) is 42.3 Å². The van der Waals surface area contributed by atoms with Crippen molar-refractivity contribution in [3.05, 3.63) is 66.2 Å². The van der Waals surface area contributed by atoms with Crippen molar-refractivity contribution in [2.24, 2.45) is 0 Å². The molecule has 1 atom stereocenters. The molecule has 2 aromatic carbocycles. The van der Waals surface area contributed by atoms with Gasteiger partial charge in [0, 0.05) is 38.2 Å². The van der Waals surface area contributed by atoms with E-state index in [-0.39, 0.29) is 32.0 Å². The Balaban J connectivity index is 1.99. The van der Waals surface area contributed by atoms with Crippen molar-refractivity contribution in [3.8, 4) is 5.75 Å². The van der Waals surface area contributed by atoms with Gasteiger partial charge in [0.05, 0.1) is 6.61 Å². The molecule has 1 unspecified atom stereocenters. The molecule has 0 aliphatic heterocycles. The van der Waals surface area contributed by atoms with E-state index in [1.165, 1.54) is 13.0 Å². The molecule has 0 spiro atoms. The molecule has 0 radical (unpaired) electrons. The maximum Gasteiger partial charge on any atom is 0.303 e. The average molecular weight is 483 g/mol. The highest BCUT2D eigenvalue weighted by molar-refractivity contribution is 5.96. The minimum absolute atomic E-state index is 0.0246. The molecular formula is C25H30N4O6. The molecule has 0 aliphatic carbocycles. The van der Waals surface area contributed by atoms with Crippen molar-refractivity contribution < 1.29 is 29.0 Å². The van der Waals surface area contributed by atoms with E-state index in [4.69, 9.17) is 9.84 Å². The lowest BCUT2D eigenvalue weighted by atomic mass is 10.2. The van der Waals surface area contributed by atoms with Gasteiger partial charge < -0.3 is 31.1 Å². The van der Waals surface area contributed by atoms with Crippen LogP contribution in [0.4, 0.5) is 5.69 Å². The Morgan fingerprint density at radius 2 is 1.66 bits per heavy atom. The fourth-order valence-corrected chi connectivity index (χ4v) is 2.85. The number of carbonyl (C=O) groups is 4. The summed E-state index contributed by atoms with van der Waals surface area (Å²) in [7, 11) is 0. The van der Waals surface area contributed by atoms with Gasteiger partial charge in [-0.2, -0.15) is 0 Å². The van der Waals surface area contributed by atoms with Gasteiger partial charge in [-0.3, -0.25) is 19.2 Å². The van der Waals surface area contributed by atoms with Crippen LogP contribution in [0.15, 0.2) is 60.7 Å².